The molecule has 0 saturated heterocycles. The summed E-state index contributed by atoms with van der Waals surface area (Å²) >= 11 is 0. The van der Waals surface area contributed by atoms with E-state index in [1.807, 2.05) is 7.05 Å². The summed E-state index contributed by atoms with van der Waals surface area (Å²) in [4.78, 5) is 16.7. The molecule has 3 rings (SSSR count). The highest BCUT2D eigenvalue weighted by atomic mass is 16.5. The maximum Gasteiger partial charge on any atom is 0.341 e. The number of ether oxygens (including phenoxy) is 1. The lowest BCUT2D eigenvalue weighted by atomic mass is 9.99. The Bertz CT molecular complexity index is 728. The Morgan fingerprint density at radius 1 is 1.46 bits per heavy atom. The topological polar surface area (TPSA) is 89.3 Å². The number of anilines is 1. The van der Waals surface area contributed by atoms with E-state index in [0.717, 1.165) is 42.4 Å². The number of fused-ring (bicyclic) bond motifs is 1. The molecular weight excluding hydrogens is 308 g/mol. The standard InChI is InChI=1S/C17H24N4O3/c1-3-24-17(23)13-9-18-16-12(10-19-21(16)2)15(13)20-14-6-4-5-11(14)7-8-22/h9-11,14,22H,3-8H2,1-2H3,(H,18,20). The van der Waals surface area contributed by atoms with Crippen molar-refractivity contribution in [3.63, 3.8) is 0 Å². The molecule has 0 aliphatic heterocycles. The van der Waals surface area contributed by atoms with Gasteiger partial charge in [0.15, 0.2) is 5.65 Å². The van der Waals surface area contributed by atoms with Gasteiger partial charge in [-0.25, -0.2) is 9.78 Å². The highest BCUT2D eigenvalue weighted by Crippen LogP contribution is 2.34. The maximum absolute atomic E-state index is 12.3. The first kappa shape index (κ1) is 16.7. The van der Waals surface area contributed by atoms with Crippen molar-refractivity contribution in [2.45, 2.75) is 38.6 Å². The van der Waals surface area contributed by atoms with Crippen LogP contribution in [0.25, 0.3) is 11.0 Å². The Hall–Kier alpha value is -2.15. The summed E-state index contributed by atoms with van der Waals surface area (Å²) in [5.74, 6) is 0.0277. The number of nitrogens with zero attached hydrogens (tertiary/aromatic N) is 3. The van der Waals surface area contributed by atoms with Gasteiger partial charge in [-0.3, -0.25) is 4.68 Å². The number of carbonyl (C=O) groups excluding carboxylic acids is 1. The number of nitrogens with one attached hydrogen (secondary N) is 1. The zero-order chi connectivity index (χ0) is 17.1. The van der Waals surface area contributed by atoms with E-state index in [-0.39, 0.29) is 18.6 Å². The van der Waals surface area contributed by atoms with Crippen molar-refractivity contribution in [2.75, 3.05) is 18.5 Å². The molecule has 0 radical (unpaired) electrons. The Balaban J connectivity index is 1.99. The van der Waals surface area contributed by atoms with Gasteiger partial charge >= 0.3 is 5.97 Å². The molecule has 1 aliphatic carbocycles. The van der Waals surface area contributed by atoms with Gasteiger partial charge < -0.3 is 15.2 Å². The number of pyridine rings is 1. The zero-order valence-electron chi connectivity index (χ0n) is 14.2. The fourth-order valence-electron chi connectivity index (χ4n) is 3.54. The fourth-order valence-corrected chi connectivity index (χ4v) is 3.54. The van der Waals surface area contributed by atoms with Crippen LogP contribution in [0.5, 0.6) is 0 Å². The summed E-state index contributed by atoms with van der Waals surface area (Å²) < 4.78 is 6.87. The lowest BCUT2D eigenvalue weighted by molar-refractivity contribution is 0.0527. The third-order valence-electron chi connectivity index (χ3n) is 4.75. The Labute approximate surface area is 141 Å². The van der Waals surface area contributed by atoms with E-state index in [9.17, 15) is 9.90 Å². The molecule has 2 heterocycles. The average molecular weight is 332 g/mol. The largest absolute Gasteiger partial charge is 0.462 e. The summed E-state index contributed by atoms with van der Waals surface area (Å²) in [5.41, 5.74) is 1.90. The van der Waals surface area contributed by atoms with Crippen LogP contribution in [0, 0.1) is 5.92 Å². The molecule has 130 valence electrons. The molecule has 1 saturated carbocycles. The first-order valence-electron chi connectivity index (χ1n) is 8.51. The van der Waals surface area contributed by atoms with Gasteiger partial charge in [-0.15, -0.1) is 0 Å². The quantitative estimate of drug-likeness (QED) is 0.788. The molecular formula is C17H24N4O3. The summed E-state index contributed by atoms with van der Waals surface area (Å²) in [6.45, 7) is 2.29. The first-order valence-corrected chi connectivity index (χ1v) is 8.51. The molecule has 0 amide bonds. The van der Waals surface area contributed by atoms with E-state index in [1.165, 1.54) is 0 Å². The average Bonchev–Trinajstić information content (AvgIpc) is 3.16. The number of aromatic nitrogens is 3. The fraction of sp³-hybridized carbons (Fsp3) is 0.588. The molecule has 2 aromatic heterocycles. The van der Waals surface area contributed by atoms with Gasteiger partial charge in [-0.05, 0) is 32.1 Å². The summed E-state index contributed by atoms with van der Waals surface area (Å²) in [5, 5.41) is 17.9. The van der Waals surface area contributed by atoms with Gasteiger partial charge in [-0.1, -0.05) is 6.42 Å². The van der Waals surface area contributed by atoms with E-state index in [4.69, 9.17) is 4.74 Å². The Morgan fingerprint density at radius 3 is 3.04 bits per heavy atom. The van der Waals surface area contributed by atoms with Crippen molar-refractivity contribution in [1.29, 1.82) is 0 Å². The van der Waals surface area contributed by atoms with Crippen LogP contribution in [-0.2, 0) is 11.8 Å². The van der Waals surface area contributed by atoms with Crippen LogP contribution >= 0.6 is 0 Å². The van der Waals surface area contributed by atoms with Crippen LogP contribution in [0.2, 0.25) is 0 Å². The van der Waals surface area contributed by atoms with Crippen molar-refractivity contribution in [2.24, 2.45) is 13.0 Å². The minimum Gasteiger partial charge on any atom is -0.462 e. The van der Waals surface area contributed by atoms with Crippen LogP contribution in [0.4, 0.5) is 5.69 Å². The molecule has 1 aliphatic rings. The van der Waals surface area contributed by atoms with Gasteiger partial charge in [0.2, 0.25) is 0 Å². The number of rotatable bonds is 6. The minimum atomic E-state index is -0.380. The number of aliphatic hydroxyl groups excluding tert-OH is 1. The molecule has 2 unspecified atom stereocenters. The van der Waals surface area contributed by atoms with Crippen molar-refractivity contribution >= 4 is 22.7 Å². The van der Waals surface area contributed by atoms with Gasteiger partial charge in [0.1, 0.15) is 5.56 Å². The third-order valence-corrected chi connectivity index (χ3v) is 4.75. The molecule has 0 aromatic carbocycles. The van der Waals surface area contributed by atoms with Gasteiger partial charge in [0.05, 0.1) is 23.9 Å². The lowest BCUT2D eigenvalue weighted by Crippen LogP contribution is -2.26. The normalized spacial score (nSPS) is 20.5. The summed E-state index contributed by atoms with van der Waals surface area (Å²) in [7, 11) is 1.83. The number of aryl methyl sites for hydroxylation is 1. The van der Waals surface area contributed by atoms with Gasteiger partial charge in [0, 0.05) is 25.9 Å². The second kappa shape index (κ2) is 7.17. The number of hydrogen-bond donors (Lipinski definition) is 2. The Kier molecular flexibility index (Phi) is 4.99. The molecule has 7 nitrogen and oxygen atoms in total. The third kappa shape index (κ3) is 3.08. The van der Waals surface area contributed by atoms with E-state index >= 15 is 0 Å². The highest BCUT2D eigenvalue weighted by molar-refractivity contribution is 6.04. The monoisotopic (exact) mass is 332 g/mol. The van der Waals surface area contributed by atoms with Gasteiger partial charge in [-0.2, -0.15) is 5.10 Å². The van der Waals surface area contributed by atoms with Crippen molar-refractivity contribution in [3.05, 3.63) is 18.0 Å². The predicted molar refractivity (Wildman–Crippen MR) is 90.9 cm³/mol. The summed E-state index contributed by atoms with van der Waals surface area (Å²) in [6.07, 6.45) is 7.29. The summed E-state index contributed by atoms with van der Waals surface area (Å²) in [6, 6.07) is 0.233. The molecule has 2 atom stereocenters. The molecule has 0 bridgehead atoms. The zero-order valence-corrected chi connectivity index (χ0v) is 14.2. The van der Waals surface area contributed by atoms with Crippen molar-refractivity contribution in [1.82, 2.24) is 14.8 Å². The molecule has 1 fully saturated rings. The minimum absolute atomic E-state index is 0.187. The predicted octanol–water partition coefficient (Wildman–Crippen LogP) is 2.11. The van der Waals surface area contributed by atoms with Crippen LogP contribution in [0.3, 0.4) is 0 Å². The highest BCUT2D eigenvalue weighted by Gasteiger charge is 2.29. The second-order valence-electron chi connectivity index (χ2n) is 6.23. The number of carbonyl (C=O) groups is 1. The molecule has 2 aromatic rings. The van der Waals surface area contributed by atoms with Crippen molar-refractivity contribution < 1.29 is 14.6 Å². The SMILES string of the molecule is CCOC(=O)c1cnc2c(cnn2C)c1NC1CCCC1CCO. The van der Waals surface area contributed by atoms with Gasteiger partial charge in [0.25, 0.3) is 0 Å². The van der Waals surface area contributed by atoms with Crippen LogP contribution in [0.1, 0.15) is 43.0 Å². The number of aliphatic hydroxyl groups is 1. The van der Waals surface area contributed by atoms with Crippen LogP contribution < -0.4 is 5.32 Å². The molecule has 2 N–H and O–H groups in total. The second-order valence-corrected chi connectivity index (χ2v) is 6.23. The lowest BCUT2D eigenvalue weighted by Gasteiger charge is -2.23. The number of esters is 1. The molecule has 24 heavy (non-hydrogen) atoms. The maximum atomic E-state index is 12.3. The van der Waals surface area contributed by atoms with Crippen LogP contribution in [-0.4, -0.2) is 45.1 Å². The first-order chi connectivity index (χ1) is 11.7. The Morgan fingerprint density at radius 2 is 2.29 bits per heavy atom. The van der Waals surface area contributed by atoms with E-state index < -0.39 is 0 Å². The van der Waals surface area contributed by atoms with E-state index in [0.29, 0.717) is 18.1 Å². The van der Waals surface area contributed by atoms with E-state index in [2.05, 4.69) is 15.4 Å². The number of hydrogen-bond acceptors (Lipinski definition) is 6. The molecule has 7 heteroatoms. The smallest absolute Gasteiger partial charge is 0.341 e. The molecule has 0 spiro atoms. The van der Waals surface area contributed by atoms with E-state index in [1.54, 1.807) is 24.0 Å². The van der Waals surface area contributed by atoms with Crippen LogP contribution in [0.15, 0.2) is 12.4 Å². The van der Waals surface area contributed by atoms with Crippen molar-refractivity contribution in [3.8, 4) is 0 Å².